The van der Waals surface area contributed by atoms with Gasteiger partial charge in [0.25, 0.3) is 0 Å². The third kappa shape index (κ3) is 4.14. The van der Waals surface area contributed by atoms with Crippen molar-refractivity contribution in [3.05, 3.63) is 58.9 Å². The molecule has 162 valence electrons. The van der Waals surface area contributed by atoms with Gasteiger partial charge in [-0.15, -0.1) is 0 Å². The zero-order valence-corrected chi connectivity index (χ0v) is 18.6. The topological polar surface area (TPSA) is 112 Å². The van der Waals surface area contributed by atoms with Gasteiger partial charge < -0.3 is 4.74 Å². The van der Waals surface area contributed by atoms with E-state index in [-0.39, 0.29) is 15.4 Å². The van der Waals surface area contributed by atoms with Crippen molar-refractivity contribution in [3.8, 4) is 11.8 Å². The summed E-state index contributed by atoms with van der Waals surface area (Å²) in [7, 11) is -4.04. The molecule has 1 atom stereocenters. The Hall–Kier alpha value is -2.95. The summed E-state index contributed by atoms with van der Waals surface area (Å²) in [6.45, 7) is 6.16. The highest BCUT2D eigenvalue weighted by Crippen LogP contribution is 2.30. The summed E-state index contributed by atoms with van der Waals surface area (Å²) in [5.41, 5.74) is 2.12. The number of aryl methyl sites for hydroxylation is 1. The molecule has 0 bridgehead atoms. The highest BCUT2D eigenvalue weighted by molar-refractivity contribution is 7.89. The molecule has 31 heavy (non-hydrogen) atoms. The molecule has 0 spiro atoms. The van der Waals surface area contributed by atoms with Crippen LogP contribution >= 0.6 is 11.6 Å². The number of sulfonamides is 1. The molecule has 2 aromatic heterocycles. The SMILES string of the molecule is CCn1c(C(C)NS(=O)(=O)c2c(Cl)ccc3nonc23)cnc1Oc1ccc(C)cc1. The van der Waals surface area contributed by atoms with Gasteiger partial charge in [-0.25, -0.2) is 22.8 Å². The van der Waals surface area contributed by atoms with Crippen LogP contribution in [0, 0.1) is 6.92 Å². The van der Waals surface area contributed by atoms with Crippen LogP contribution in [0.1, 0.15) is 31.1 Å². The first-order valence-electron chi connectivity index (χ1n) is 9.53. The number of nitrogens with zero attached hydrogens (tertiary/aromatic N) is 4. The maximum atomic E-state index is 13.1. The lowest BCUT2D eigenvalue weighted by Gasteiger charge is -2.17. The standard InChI is InChI=1S/C20H20ClN5O4S/c1-4-26-17(11-22-20(26)29-14-7-5-12(2)6-8-14)13(3)25-31(27,28)19-15(21)9-10-16-18(19)24-30-23-16/h5-11,13,25H,4H2,1-3H3. The average molecular weight is 462 g/mol. The van der Waals surface area contributed by atoms with E-state index in [1.54, 1.807) is 17.7 Å². The first-order valence-corrected chi connectivity index (χ1v) is 11.4. The minimum atomic E-state index is -4.04. The molecular weight excluding hydrogens is 442 g/mol. The van der Waals surface area contributed by atoms with Crippen molar-refractivity contribution in [1.82, 2.24) is 24.6 Å². The maximum Gasteiger partial charge on any atom is 0.302 e. The van der Waals surface area contributed by atoms with Crippen molar-refractivity contribution < 1.29 is 17.8 Å². The molecule has 2 aromatic carbocycles. The van der Waals surface area contributed by atoms with E-state index in [1.165, 1.54) is 12.1 Å². The third-order valence-corrected chi connectivity index (χ3v) is 6.82. The Bertz CT molecular complexity index is 1330. The third-order valence-electron chi connectivity index (χ3n) is 4.77. The summed E-state index contributed by atoms with van der Waals surface area (Å²) in [6, 6.07) is 10.3. The summed E-state index contributed by atoms with van der Waals surface area (Å²) >= 11 is 6.17. The van der Waals surface area contributed by atoms with Crippen molar-refractivity contribution in [2.75, 3.05) is 0 Å². The van der Waals surface area contributed by atoms with Gasteiger partial charge in [-0.05, 0) is 55.4 Å². The highest BCUT2D eigenvalue weighted by atomic mass is 35.5. The number of nitrogens with one attached hydrogen (secondary N) is 1. The number of fused-ring (bicyclic) bond motifs is 1. The number of ether oxygens (including phenoxy) is 1. The fourth-order valence-electron chi connectivity index (χ4n) is 3.24. The molecule has 0 fully saturated rings. The van der Waals surface area contributed by atoms with E-state index < -0.39 is 16.1 Å². The highest BCUT2D eigenvalue weighted by Gasteiger charge is 2.28. The molecule has 0 aliphatic carbocycles. The number of rotatable bonds is 7. The van der Waals surface area contributed by atoms with E-state index in [2.05, 4.69) is 24.6 Å². The number of imidazole rings is 1. The predicted octanol–water partition coefficient (Wildman–Crippen LogP) is 4.23. The van der Waals surface area contributed by atoms with Crippen LogP contribution in [0.4, 0.5) is 0 Å². The molecular formula is C20H20ClN5O4S. The molecule has 0 saturated heterocycles. The molecule has 1 N–H and O–H groups in total. The van der Waals surface area contributed by atoms with Crippen LogP contribution in [-0.2, 0) is 16.6 Å². The van der Waals surface area contributed by atoms with Gasteiger partial charge >= 0.3 is 6.01 Å². The van der Waals surface area contributed by atoms with Crippen molar-refractivity contribution in [2.24, 2.45) is 0 Å². The Morgan fingerprint density at radius 2 is 1.94 bits per heavy atom. The first kappa shape index (κ1) is 21.3. The van der Waals surface area contributed by atoms with Gasteiger partial charge in [0.1, 0.15) is 16.2 Å². The van der Waals surface area contributed by atoms with Crippen molar-refractivity contribution in [1.29, 1.82) is 0 Å². The summed E-state index contributed by atoms with van der Waals surface area (Å²) in [6.07, 6.45) is 1.58. The zero-order valence-electron chi connectivity index (χ0n) is 17.0. The summed E-state index contributed by atoms with van der Waals surface area (Å²) in [5, 5.41) is 7.39. The largest absolute Gasteiger partial charge is 0.426 e. The van der Waals surface area contributed by atoms with Gasteiger partial charge in [-0.3, -0.25) is 4.57 Å². The van der Waals surface area contributed by atoms with Gasteiger partial charge in [-0.2, -0.15) is 0 Å². The molecule has 0 aliphatic rings. The van der Waals surface area contributed by atoms with Crippen molar-refractivity contribution in [3.63, 3.8) is 0 Å². The Balaban J connectivity index is 1.63. The second kappa shape index (κ2) is 8.29. The van der Waals surface area contributed by atoms with Crippen LogP contribution in [0.15, 0.2) is 52.1 Å². The second-order valence-corrected chi connectivity index (χ2v) is 9.03. The lowest BCUT2D eigenvalue weighted by atomic mass is 10.2. The zero-order chi connectivity index (χ0) is 22.2. The lowest BCUT2D eigenvalue weighted by molar-refractivity contribution is 0.315. The first-order chi connectivity index (χ1) is 14.8. The summed E-state index contributed by atoms with van der Waals surface area (Å²) < 4.78 is 41.2. The molecule has 1 unspecified atom stereocenters. The molecule has 11 heteroatoms. The Morgan fingerprint density at radius 3 is 2.65 bits per heavy atom. The van der Waals surface area contributed by atoms with Gasteiger partial charge in [-0.1, -0.05) is 29.3 Å². The minimum absolute atomic E-state index is 0.0234. The van der Waals surface area contributed by atoms with Crippen LogP contribution in [0.2, 0.25) is 5.02 Å². The normalized spacial score (nSPS) is 12.9. The summed E-state index contributed by atoms with van der Waals surface area (Å²) in [4.78, 5) is 4.15. The Morgan fingerprint density at radius 1 is 1.19 bits per heavy atom. The quantitative estimate of drug-likeness (QED) is 0.438. The molecule has 0 saturated carbocycles. The van der Waals surface area contributed by atoms with Gasteiger partial charge in [0, 0.05) is 6.54 Å². The summed E-state index contributed by atoms with van der Waals surface area (Å²) in [5.74, 6) is 0.641. The fourth-order valence-corrected chi connectivity index (χ4v) is 5.12. The van der Waals surface area contributed by atoms with Crippen LogP contribution in [0.5, 0.6) is 11.8 Å². The molecule has 0 amide bonds. The monoisotopic (exact) mass is 461 g/mol. The van der Waals surface area contributed by atoms with Gasteiger partial charge in [0.2, 0.25) is 10.0 Å². The van der Waals surface area contributed by atoms with Crippen molar-refractivity contribution in [2.45, 2.75) is 38.3 Å². The molecule has 4 rings (SSSR count). The number of benzene rings is 2. The lowest BCUT2D eigenvalue weighted by Crippen LogP contribution is -2.28. The van der Waals surface area contributed by atoms with Crippen LogP contribution in [-0.4, -0.2) is 28.3 Å². The molecule has 0 radical (unpaired) electrons. The number of halogens is 1. The van der Waals surface area contributed by atoms with E-state index in [0.717, 1.165) is 5.56 Å². The Kier molecular flexibility index (Phi) is 5.69. The van der Waals surface area contributed by atoms with E-state index in [9.17, 15) is 8.42 Å². The molecule has 2 heterocycles. The number of hydrogen-bond donors (Lipinski definition) is 1. The van der Waals surface area contributed by atoms with E-state index in [0.29, 0.717) is 29.5 Å². The average Bonchev–Trinajstić information content (AvgIpc) is 3.35. The van der Waals surface area contributed by atoms with E-state index in [4.69, 9.17) is 16.3 Å². The number of aromatic nitrogens is 4. The van der Waals surface area contributed by atoms with Gasteiger partial charge in [0.15, 0.2) is 5.52 Å². The second-order valence-electron chi connectivity index (χ2n) is 6.98. The number of hydrogen-bond acceptors (Lipinski definition) is 7. The molecule has 4 aromatic rings. The van der Waals surface area contributed by atoms with Gasteiger partial charge in [0.05, 0.1) is 23.0 Å². The minimum Gasteiger partial charge on any atom is -0.426 e. The van der Waals surface area contributed by atoms with E-state index in [1.807, 2.05) is 38.1 Å². The van der Waals surface area contributed by atoms with Crippen LogP contribution in [0.3, 0.4) is 0 Å². The van der Waals surface area contributed by atoms with Crippen LogP contribution < -0.4 is 9.46 Å². The molecule has 9 nitrogen and oxygen atoms in total. The van der Waals surface area contributed by atoms with Crippen molar-refractivity contribution >= 4 is 32.7 Å². The maximum absolute atomic E-state index is 13.1. The predicted molar refractivity (Wildman–Crippen MR) is 115 cm³/mol. The van der Waals surface area contributed by atoms with E-state index >= 15 is 0 Å². The molecule has 0 aliphatic heterocycles. The Labute approximate surface area is 184 Å². The van der Waals surface area contributed by atoms with Crippen LogP contribution in [0.25, 0.3) is 11.0 Å². The fraction of sp³-hybridized carbons (Fsp3) is 0.250. The smallest absolute Gasteiger partial charge is 0.302 e.